The van der Waals surface area contributed by atoms with Crippen molar-refractivity contribution in [3.05, 3.63) is 83.4 Å². The Kier molecular flexibility index (Phi) is 5.78. The first-order valence-electron chi connectivity index (χ1n) is 8.35. The van der Waals surface area contributed by atoms with E-state index in [1.807, 2.05) is 24.3 Å². The van der Waals surface area contributed by atoms with E-state index in [4.69, 9.17) is 5.21 Å². The van der Waals surface area contributed by atoms with E-state index in [1.165, 1.54) is 17.8 Å². The van der Waals surface area contributed by atoms with Crippen molar-refractivity contribution < 1.29 is 19.9 Å². The predicted molar refractivity (Wildman–Crippen MR) is 106 cm³/mol. The molecular weight excluding hydrogens is 358 g/mol. The van der Waals surface area contributed by atoms with Crippen LogP contribution >= 0.6 is 0 Å². The average Bonchev–Trinajstić information content (AvgIpc) is 2.74. The maximum Gasteiger partial charge on any atom is 0.271 e. The fourth-order valence-corrected chi connectivity index (χ4v) is 2.56. The number of hydrogen-bond donors (Lipinski definition) is 4. The van der Waals surface area contributed by atoms with Crippen LogP contribution < -0.4 is 10.9 Å². The van der Waals surface area contributed by atoms with E-state index in [2.05, 4.69) is 10.5 Å². The highest BCUT2D eigenvalue weighted by molar-refractivity contribution is 5.98. The Labute approximate surface area is 160 Å². The molecule has 0 aromatic heterocycles. The van der Waals surface area contributed by atoms with E-state index in [-0.39, 0.29) is 5.75 Å². The van der Waals surface area contributed by atoms with Gasteiger partial charge in [0.25, 0.3) is 11.8 Å². The largest absolute Gasteiger partial charge is 0.507 e. The Bertz CT molecular complexity index is 1070. The molecule has 0 aliphatic heterocycles. The summed E-state index contributed by atoms with van der Waals surface area (Å²) in [6.07, 6.45) is 4.04. The number of amides is 2. The van der Waals surface area contributed by atoms with Gasteiger partial charge in [0.05, 0.1) is 6.21 Å². The molecule has 140 valence electrons. The van der Waals surface area contributed by atoms with Crippen molar-refractivity contribution in [2.24, 2.45) is 5.10 Å². The Hall–Kier alpha value is -3.97. The molecule has 28 heavy (non-hydrogen) atoms. The molecule has 0 fully saturated rings. The van der Waals surface area contributed by atoms with E-state index in [1.54, 1.807) is 36.4 Å². The maximum atomic E-state index is 12.2. The van der Waals surface area contributed by atoms with Crippen LogP contribution in [-0.4, -0.2) is 28.3 Å². The van der Waals surface area contributed by atoms with Gasteiger partial charge in [-0.25, -0.2) is 10.9 Å². The molecule has 0 heterocycles. The summed E-state index contributed by atoms with van der Waals surface area (Å²) in [4.78, 5) is 23.1. The van der Waals surface area contributed by atoms with Crippen LogP contribution in [0, 0.1) is 0 Å². The van der Waals surface area contributed by atoms with Crippen LogP contribution in [0.15, 0.2) is 71.8 Å². The molecule has 0 bridgehead atoms. The van der Waals surface area contributed by atoms with Gasteiger partial charge >= 0.3 is 0 Å². The van der Waals surface area contributed by atoms with E-state index in [0.717, 1.165) is 11.5 Å². The molecule has 3 aromatic rings. The maximum absolute atomic E-state index is 12.2. The smallest absolute Gasteiger partial charge is 0.271 e. The van der Waals surface area contributed by atoms with Crippen LogP contribution in [0.5, 0.6) is 5.75 Å². The molecule has 2 amide bonds. The summed E-state index contributed by atoms with van der Waals surface area (Å²) < 4.78 is 0. The number of benzene rings is 3. The van der Waals surface area contributed by atoms with Gasteiger partial charge in [0.15, 0.2) is 0 Å². The summed E-state index contributed by atoms with van der Waals surface area (Å²) in [5.74, 6) is -0.965. The third-order valence-electron chi connectivity index (χ3n) is 4.01. The lowest BCUT2D eigenvalue weighted by Crippen LogP contribution is -2.17. The lowest BCUT2D eigenvalue weighted by molar-refractivity contribution is -0.124. The topological polar surface area (TPSA) is 111 Å². The highest BCUT2D eigenvalue weighted by Gasteiger charge is 2.06. The number of nitrogens with zero attached hydrogens (tertiary/aromatic N) is 1. The van der Waals surface area contributed by atoms with Gasteiger partial charge < -0.3 is 5.11 Å². The van der Waals surface area contributed by atoms with Gasteiger partial charge in [0, 0.05) is 22.6 Å². The number of nitrogens with one attached hydrogen (secondary N) is 2. The van der Waals surface area contributed by atoms with Crippen molar-refractivity contribution in [3.8, 4) is 5.75 Å². The first kappa shape index (κ1) is 18.8. The van der Waals surface area contributed by atoms with Crippen molar-refractivity contribution in [1.29, 1.82) is 0 Å². The Balaban J connectivity index is 1.66. The van der Waals surface area contributed by atoms with Gasteiger partial charge in [-0.05, 0) is 35.2 Å². The van der Waals surface area contributed by atoms with E-state index < -0.39 is 11.8 Å². The number of phenolic OH excluding ortho intramolecular Hbond substituents is 1. The Morgan fingerprint density at radius 2 is 1.71 bits per heavy atom. The second-order valence-corrected chi connectivity index (χ2v) is 5.86. The van der Waals surface area contributed by atoms with Crippen LogP contribution in [0.25, 0.3) is 16.8 Å². The van der Waals surface area contributed by atoms with Crippen LogP contribution in [0.3, 0.4) is 0 Å². The standard InChI is InChI=1S/C21H17N3O4/c25-19(24-28)12-7-14-5-8-16(9-6-14)21(27)23-22-13-17-11-10-15-3-1-2-4-18(15)20(17)26/h1-13,26,28H,(H,23,27)(H,24,25)/b12-7+,22-13+. The lowest BCUT2D eigenvalue weighted by Gasteiger charge is -2.04. The quantitative estimate of drug-likeness (QED) is 0.238. The fraction of sp³-hybridized carbons (Fsp3) is 0. The minimum Gasteiger partial charge on any atom is -0.507 e. The second kappa shape index (κ2) is 8.61. The summed E-state index contributed by atoms with van der Waals surface area (Å²) >= 11 is 0. The van der Waals surface area contributed by atoms with Crippen molar-refractivity contribution in [2.45, 2.75) is 0 Å². The van der Waals surface area contributed by atoms with Gasteiger partial charge in [-0.3, -0.25) is 14.8 Å². The average molecular weight is 375 g/mol. The molecule has 0 aliphatic carbocycles. The number of carbonyl (C=O) groups excluding carboxylic acids is 2. The summed E-state index contributed by atoms with van der Waals surface area (Å²) in [6, 6.07) is 17.5. The molecule has 0 saturated heterocycles. The summed E-state index contributed by atoms with van der Waals surface area (Å²) in [6.45, 7) is 0. The van der Waals surface area contributed by atoms with Crippen molar-refractivity contribution in [2.75, 3.05) is 0 Å². The van der Waals surface area contributed by atoms with Crippen LogP contribution in [0.4, 0.5) is 0 Å². The number of aromatic hydroxyl groups is 1. The number of fused-ring (bicyclic) bond motifs is 1. The van der Waals surface area contributed by atoms with Gasteiger partial charge in [-0.2, -0.15) is 5.10 Å². The van der Waals surface area contributed by atoms with Crippen molar-refractivity contribution in [3.63, 3.8) is 0 Å². The molecule has 7 nitrogen and oxygen atoms in total. The summed E-state index contributed by atoms with van der Waals surface area (Å²) in [7, 11) is 0. The van der Waals surface area contributed by atoms with Gasteiger partial charge in [0.1, 0.15) is 5.75 Å². The normalized spacial score (nSPS) is 11.2. The molecule has 0 spiro atoms. The number of hydrogen-bond acceptors (Lipinski definition) is 5. The molecule has 0 atom stereocenters. The van der Waals surface area contributed by atoms with Crippen LogP contribution in [0.1, 0.15) is 21.5 Å². The fourth-order valence-electron chi connectivity index (χ4n) is 2.56. The minimum atomic E-state index is -0.645. The van der Waals surface area contributed by atoms with Crippen LogP contribution in [-0.2, 0) is 4.79 Å². The zero-order valence-electron chi connectivity index (χ0n) is 14.7. The van der Waals surface area contributed by atoms with E-state index in [0.29, 0.717) is 22.1 Å². The zero-order valence-corrected chi connectivity index (χ0v) is 14.7. The van der Waals surface area contributed by atoms with E-state index in [9.17, 15) is 14.7 Å². The first-order chi connectivity index (χ1) is 13.6. The molecule has 0 unspecified atom stereocenters. The predicted octanol–water partition coefficient (Wildman–Crippen LogP) is 2.83. The number of phenols is 1. The van der Waals surface area contributed by atoms with Crippen molar-refractivity contribution >= 4 is 34.9 Å². The third-order valence-corrected chi connectivity index (χ3v) is 4.01. The molecule has 4 N–H and O–H groups in total. The number of carbonyl (C=O) groups is 2. The van der Waals surface area contributed by atoms with Gasteiger partial charge in [0.2, 0.25) is 0 Å². The zero-order chi connectivity index (χ0) is 19.9. The minimum absolute atomic E-state index is 0.0964. The SMILES string of the molecule is O=C(/C=C/c1ccc(C(=O)N/N=C/c2ccc3ccccc3c2O)cc1)NO. The van der Waals surface area contributed by atoms with Gasteiger partial charge in [-0.1, -0.05) is 42.5 Å². The lowest BCUT2D eigenvalue weighted by atomic mass is 10.1. The third kappa shape index (κ3) is 4.40. The summed E-state index contributed by atoms with van der Waals surface area (Å²) in [5.41, 5.74) is 5.45. The second-order valence-electron chi connectivity index (χ2n) is 5.86. The van der Waals surface area contributed by atoms with Crippen molar-refractivity contribution in [1.82, 2.24) is 10.9 Å². The summed E-state index contributed by atoms with van der Waals surface area (Å²) in [5, 5.41) is 24.3. The number of rotatable bonds is 5. The molecule has 0 aliphatic rings. The molecule has 0 saturated carbocycles. The number of hydrazone groups is 1. The monoisotopic (exact) mass is 375 g/mol. The molecule has 3 aromatic carbocycles. The highest BCUT2D eigenvalue weighted by Crippen LogP contribution is 2.27. The van der Waals surface area contributed by atoms with E-state index >= 15 is 0 Å². The molecule has 7 heteroatoms. The number of hydroxylamine groups is 1. The molecule has 0 radical (unpaired) electrons. The molecular formula is C21H17N3O4. The Morgan fingerprint density at radius 1 is 0.964 bits per heavy atom. The molecule has 3 rings (SSSR count). The highest BCUT2D eigenvalue weighted by atomic mass is 16.5. The van der Waals surface area contributed by atoms with Crippen LogP contribution in [0.2, 0.25) is 0 Å². The Morgan fingerprint density at radius 3 is 2.46 bits per heavy atom. The first-order valence-corrected chi connectivity index (χ1v) is 8.35. The van der Waals surface area contributed by atoms with Gasteiger partial charge in [-0.15, -0.1) is 0 Å².